The average Bonchev–Trinajstić information content (AvgIpc) is 2.93. The zero-order valence-corrected chi connectivity index (χ0v) is 22.1. The van der Waals surface area contributed by atoms with Gasteiger partial charge in [-0.15, -0.1) is 0 Å². The molecule has 2 aromatic carbocycles. The van der Waals surface area contributed by atoms with Crippen molar-refractivity contribution in [1.29, 1.82) is 5.26 Å². The monoisotopic (exact) mass is 670 g/mol. The van der Waals surface area contributed by atoms with Crippen LogP contribution in [-0.2, 0) is 11.8 Å². The third-order valence-electron chi connectivity index (χ3n) is 5.78. The number of alkyl halides is 10. The maximum absolute atomic E-state index is 14.4. The minimum absolute atomic E-state index is 0.0273. The van der Waals surface area contributed by atoms with Gasteiger partial charge in [0.1, 0.15) is 11.8 Å². The first-order valence-corrected chi connectivity index (χ1v) is 11.7. The van der Waals surface area contributed by atoms with E-state index < -0.39 is 58.9 Å². The normalized spacial score (nSPS) is 12.5. The number of anilines is 2. The summed E-state index contributed by atoms with van der Waals surface area (Å²) in [4.78, 5) is 30.6. The van der Waals surface area contributed by atoms with E-state index in [2.05, 4.69) is 21.1 Å². The van der Waals surface area contributed by atoms with Crippen molar-refractivity contribution in [3.05, 3.63) is 88.7 Å². The maximum Gasteiger partial charge on any atom is 0.435 e. The van der Waals surface area contributed by atoms with Gasteiger partial charge in [0.25, 0.3) is 11.8 Å². The molecule has 1 aromatic heterocycles. The summed E-state index contributed by atoms with van der Waals surface area (Å²) in [5, 5.41) is 8.82. The van der Waals surface area contributed by atoms with Gasteiger partial charge in [0.05, 0.1) is 33.0 Å². The first kappa shape index (κ1) is 32.3. The van der Waals surface area contributed by atoms with Crippen LogP contribution < -0.4 is 8.83 Å². The number of aromatic nitrogens is 1. The van der Waals surface area contributed by atoms with E-state index in [9.17, 15) is 53.5 Å². The van der Waals surface area contributed by atoms with Crippen LogP contribution in [0.1, 0.15) is 37.5 Å². The Morgan fingerprint density at radius 1 is 0.833 bits per heavy atom. The Labute approximate surface area is 238 Å². The maximum atomic E-state index is 14.4. The molecular weight excluding hydrogens is 658 g/mol. The number of carbonyl (C=O) groups excluding carboxylic acids is 2. The van der Waals surface area contributed by atoms with E-state index in [1.54, 1.807) is 6.07 Å². The number of benzene rings is 2. The van der Waals surface area contributed by atoms with Gasteiger partial charge < -0.3 is 4.90 Å². The summed E-state index contributed by atoms with van der Waals surface area (Å²) in [6.45, 7) is 0. The lowest BCUT2D eigenvalue weighted by molar-refractivity contribution is -0.348. The van der Waals surface area contributed by atoms with Crippen LogP contribution in [0.5, 0.6) is 0 Å². The SMILES string of the molecule is CN(C(=O)c1ccc(C#N)nc1)c1cccc(C(=O)N(Br)c2ccc(C(F)(C(F)(F)F)C(F)(F)F)cc2C(F)(F)F)c1. The number of nitriles is 1. The highest BCUT2D eigenvalue weighted by atomic mass is 79.9. The number of amides is 2. The largest absolute Gasteiger partial charge is 0.435 e. The second-order valence-electron chi connectivity index (χ2n) is 8.43. The van der Waals surface area contributed by atoms with E-state index in [1.807, 2.05) is 0 Å². The summed E-state index contributed by atoms with van der Waals surface area (Å²) in [5.41, 5.74) is -12.2. The molecule has 6 nitrogen and oxygen atoms in total. The van der Waals surface area contributed by atoms with Crippen molar-refractivity contribution in [2.24, 2.45) is 0 Å². The first-order valence-electron chi connectivity index (χ1n) is 11.0. The fourth-order valence-corrected chi connectivity index (χ4v) is 4.12. The van der Waals surface area contributed by atoms with Crippen molar-refractivity contribution < 1.29 is 53.5 Å². The summed E-state index contributed by atoms with van der Waals surface area (Å²) in [6, 6.07) is 8.31. The van der Waals surface area contributed by atoms with Crippen molar-refractivity contribution in [2.45, 2.75) is 24.2 Å². The number of halogens is 11. The van der Waals surface area contributed by atoms with Crippen LogP contribution in [0.25, 0.3) is 0 Å². The molecule has 1 heterocycles. The Balaban J connectivity index is 2.01. The minimum Gasteiger partial charge on any atom is -0.311 e. The van der Waals surface area contributed by atoms with Gasteiger partial charge in [-0.25, -0.2) is 13.3 Å². The molecule has 0 aliphatic heterocycles. The summed E-state index contributed by atoms with van der Waals surface area (Å²) in [6.07, 6.45) is -17.9. The molecule has 17 heteroatoms. The Kier molecular flexibility index (Phi) is 8.64. The van der Waals surface area contributed by atoms with Crippen LogP contribution in [0.15, 0.2) is 60.8 Å². The van der Waals surface area contributed by atoms with Gasteiger partial charge in [-0.3, -0.25) is 9.59 Å². The Bertz CT molecular complexity index is 1530. The fourth-order valence-electron chi connectivity index (χ4n) is 3.60. The molecule has 0 saturated heterocycles. The van der Waals surface area contributed by atoms with Crippen molar-refractivity contribution in [2.75, 3.05) is 15.9 Å². The third-order valence-corrected chi connectivity index (χ3v) is 6.48. The predicted octanol–water partition coefficient (Wildman–Crippen LogP) is 7.49. The Morgan fingerprint density at radius 2 is 1.45 bits per heavy atom. The molecule has 0 radical (unpaired) electrons. The highest BCUT2D eigenvalue weighted by Crippen LogP contribution is 2.54. The molecule has 3 aromatic rings. The molecule has 3 rings (SSSR count). The van der Waals surface area contributed by atoms with Crippen molar-refractivity contribution in [1.82, 2.24) is 4.98 Å². The van der Waals surface area contributed by atoms with Crippen LogP contribution in [0, 0.1) is 11.3 Å². The molecule has 0 aliphatic carbocycles. The highest BCUT2D eigenvalue weighted by molar-refractivity contribution is 9.10. The van der Waals surface area contributed by atoms with E-state index in [1.165, 1.54) is 31.3 Å². The number of rotatable bonds is 5. The molecule has 0 N–H and O–H groups in total. The van der Waals surface area contributed by atoms with Crippen molar-refractivity contribution in [3.63, 3.8) is 0 Å². The van der Waals surface area contributed by atoms with Crippen molar-refractivity contribution in [3.8, 4) is 6.07 Å². The average molecular weight is 671 g/mol. The number of carbonyl (C=O) groups is 2. The molecule has 0 unspecified atom stereocenters. The van der Waals surface area contributed by atoms with Gasteiger partial charge >= 0.3 is 24.2 Å². The molecule has 2 amide bonds. The topological polar surface area (TPSA) is 77.3 Å². The zero-order chi connectivity index (χ0) is 31.8. The van der Waals surface area contributed by atoms with Gasteiger partial charge in [0.15, 0.2) is 0 Å². The van der Waals surface area contributed by atoms with E-state index in [0.717, 1.165) is 23.2 Å². The molecule has 0 spiro atoms. The lowest BCUT2D eigenvalue weighted by atomic mass is 9.92. The third kappa shape index (κ3) is 6.03. The number of hydrogen-bond acceptors (Lipinski definition) is 4. The lowest BCUT2D eigenvalue weighted by Crippen LogP contribution is -2.50. The molecule has 0 bridgehead atoms. The molecule has 0 saturated carbocycles. The van der Waals surface area contributed by atoms with Crippen LogP contribution in [-0.4, -0.2) is 36.2 Å². The van der Waals surface area contributed by atoms with E-state index in [0.29, 0.717) is 0 Å². The van der Waals surface area contributed by atoms with Crippen LogP contribution >= 0.6 is 16.1 Å². The summed E-state index contributed by atoms with van der Waals surface area (Å²) < 4.78 is 135. The molecule has 222 valence electrons. The number of nitrogens with zero attached hydrogens (tertiary/aromatic N) is 4. The van der Waals surface area contributed by atoms with Gasteiger partial charge in [0, 0.05) is 30.1 Å². The van der Waals surface area contributed by atoms with Gasteiger partial charge in [0.2, 0.25) is 0 Å². The standard InChI is InChI=1S/C25H13BrF10N4O2/c1-39(20(41)14-5-7-16(11-37)38-12-14)17-4-2-3-13(9-17)21(42)40(26)19-8-6-15(10-18(19)23(28,29)30)22(27,24(31,32)33)25(34,35)36/h2-10,12H,1H3. The van der Waals surface area contributed by atoms with Gasteiger partial charge in [-0.2, -0.15) is 44.8 Å². The summed E-state index contributed by atoms with van der Waals surface area (Å²) >= 11 is 2.56. The van der Waals surface area contributed by atoms with E-state index in [4.69, 9.17) is 5.26 Å². The smallest absolute Gasteiger partial charge is 0.311 e. The van der Waals surface area contributed by atoms with Gasteiger partial charge in [-0.05, 0) is 42.5 Å². The first-order chi connectivity index (χ1) is 19.2. The van der Waals surface area contributed by atoms with E-state index in [-0.39, 0.29) is 38.6 Å². The molecule has 42 heavy (non-hydrogen) atoms. The van der Waals surface area contributed by atoms with Crippen LogP contribution in [0.3, 0.4) is 0 Å². The Morgan fingerprint density at radius 3 is 1.95 bits per heavy atom. The predicted molar refractivity (Wildman–Crippen MR) is 130 cm³/mol. The minimum atomic E-state index is -6.67. The molecule has 0 aliphatic rings. The van der Waals surface area contributed by atoms with Crippen molar-refractivity contribution >= 4 is 39.3 Å². The summed E-state index contributed by atoms with van der Waals surface area (Å²) in [5.74, 6) is -1.94. The number of hydrogen-bond donors (Lipinski definition) is 0. The fraction of sp³-hybridized carbons (Fsp3) is 0.200. The Hall–Kier alpha value is -4.20. The van der Waals surface area contributed by atoms with Crippen LogP contribution in [0.2, 0.25) is 0 Å². The van der Waals surface area contributed by atoms with E-state index >= 15 is 0 Å². The summed E-state index contributed by atoms with van der Waals surface area (Å²) in [7, 11) is 1.28. The second kappa shape index (κ2) is 11.2. The zero-order valence-electron chi connectivity index (χ0n) is 20.5. The van der Waals surface area contributed by atoms with Gasteiger partial charge in [-0.1, -0.05) is 12.1 Å². The highest BCUT2D eigenvalue weighted by Gasteiger charge is 2.73. The molecular formula is C25H13BrF10N4O2. The lowest BCUT2D eigenvalue weighted by Gasteiger charge is -2.31. The molecule has 0 fully saturated rings. The quantitative estimate of drug-likeness (QED) is 0.208. The second-order valence-corrected chi connectivity index (χ2v) is 9.14. The van der Waals surface area contributed by atoms with Crippen LogP contribution in [0.4, 0.5) is 55.3 Å². The number of pyridine rings is 1. The molecule has 0 atom stereocenters.